The molecule has 0 spiro atoms. The normalized spacial score (nSPS) is 9.90. The lowest BCUT2D eigenvalue weighted by molar-refractivity contribution is -0.128. The Kier molecular flexibility index (Phi) is 7.33. The molecule has 0 unspecified atom stereocenters. The highest BCUT2D eigenvalue weighted by molar-refractivity contribution is 8.23. The molecule has 20 heavy (non-hydrogen) atoms. The molecular formula is C15H19NO2S2. The van der Waals surface area contributed by atoms with Crippen LogP contribution < -0.4 is 0 Å². The van der Waals surface area contributed by atoms with E-state index in [1.807, 2.05) is 37.3 Å². The minimum atomic E-state index is 0.0289. The maximum Gasteiger partial charge on any atom is 0.233 e. The van der Waals surface area contributed by atoms with Gasteiger partial charge < -0.3 is 9.64 Å². The average Bonchev–Trinajstić information content (AvgIpc) is 2.44. The van der Waals surface area contributed by atoms with Crippen molar-refractivity contribution in [2.45, 2.75) is 13.5 Å². The second-order valence-electron chi connectivity index (χ2n) is 4.44. The van der Waals surface area contributed by atoms with Crippen LogP contribution in [0.5, 0.6) is 0 Å². The predicted molar refractivity (Wildman–Crippen MR) is 88.7 cm³/mol. The summed E-state index contributed by atoms with van der Waals surface area (Å²) in [5.41, 5.74) is 2.05. The lowest BCUT2D eigenvalue weighted by Crippen LogP contribution is -2.33. The van der Waals surface area contributed by atoms with Crippen molar-refractivity contribution in [1.29, 1.82) is 0 Å². The molecule has 5 heteroatoms. The molecule has 0 N–H and O–H groups in total. The van der Waals surface area contributed by atoms with Crippen LogP contribution in [-0.4, -0.2) is 34.6 Å². The summed E-state index contributed by atoms with van der Waals surface area (Å²) >= 11 is 6.17. The standard InChI is InChI=1S/C15H19NO2S2/c1-12(2)9-16(10-13-7-5-4-6-8-13)14(17)11-20-15(19)18-3/h4-8H,1,9-11H2,2-3H3. The number of methoxy groups -OCH3 is 1. The van der Waals surface area contributed by atoms with Gasteiger partial charge in [-0.1, -0.05) is 54.2 Å². The Bertz CT molecular complexity index is 474. The molecule has 0 radical (unpaired) electrons. The number of rotatable bonds is 6. The average molecular weight is 309 g/mol. The molecule has 0 fully saturated rings. The molecule has 1 aromatic carbocycles. The van der Waals surface area contributed by atoms with Crippen LogP contribution in [0.2, 0.25) is 0 Å². The first-order chi connectivity index (χ1) is 9.52. The monoisotopic (exact) mass is 309 g/mol. The fourth-order valence-corrected chi connectivity index (χ4v) is 2.35. The van der Waals surface area contributed by atoms with Crippen LogP contribution in [0.15, 0.2) is 42.5 Å². The van der Waals surface area contributed by atoms with Crippen molar-refractivity contribution in [2.75, 3.05) is 19.4 Å². The zero-order valence-corrected chi connectivity index (χ0v) is 13.4. The van der Waals surface area contributed by atoms with Crippen LogP contribution in [0.1, 0.15) is 12.5 Å². The number of thioether (sulfide) groups is 1. The van der Waals surface area contributed by atoms with Gasteiger partial charge in [0.2, 0.25) is 10.3 Å². The summed E-state index contributed by atoms with van der Waals surface area (Å²) in [6.45, 7) is 6.92. The third kappa shape index (κ3) is 6.21. The first-order valence-corrected chi connectivity index (χ1v) is 7.59. The summed E-state index contributed by atoms with van der Waals surface area (Å²) in [6.07, 6.45) is 0. The summed E-state index contributed by atoms with van der Waals surface area (Å²) in [5, 5.41) is 0. The molecule has 0 saturated heterocycles. The second-order valence-corrected chi connectivity index (χ2v) is 6.01. The Labute approximate surface area is 130 Å². The van der Waals surface area contributed by atoms with Gasteiger partial charge in [-0.25, -0.2) is 0 Å². The SMILES string of the molecule is C=C(C)CN(Cc1ccccc1)C(=O)CSC(=S)OC. The van der Waals surface area contributed by atoms with Gasteiger partial charge in [-0.15, -0.1) is 0 Å². The van der Waals surface area contributed by atoms with Crippen LogP contribution in [0.25, 0.3) is 0 Å². The van der Waals surface area contributed by atoms with E-state index < -0.39 is 0 Å². The van der Waals surface area contributed by atoms with Gasteiger partial charge in [-0.2, -0.15) is 0 Å². The minimum absolute atomic E-state index is 0.0289. The molecule has 0 aliphatic rings. The summed E-state index contributed by atoms with van der Waals surface area (Å²) in [4.78, 5) is 14.0. The van der Waals surface area contributed by atoms with Gasteiger partial charge in [0.05, 0.1) is 12.9 Å². The summed E-state index contributed by atoms with van der Waals surface area (Å²) < 4.78 is 5.27. The molecule has 0 bridgehead atoms. The number of thiocarbonyl (C=S) groups is 1. The van der Waals surface area contributed by atoms with Gasteiger partial charge in [0.1, 0.15) is 0 Å². The van der Waals surface area contributed by atoms with Gasteiger partial charge in [0.15, 0.2) is 0 Å². The van der Waals surface area contributed by atoms with E-state index in [4.69, 9.17) is 17.0 Å². The number of benzene rings is 1. The lowest BCUT2D eigenvalue weighted by Gasteiger charge is -2.23. The number of ether oxygens (including phenoxy) is 1. The van der Waals surface area contributed by atoms with E-state index in [0.717, 1.165) is 11.1 Å². The highest BCUT2D eigenvalue weighted by Gasteiger charge is 2.15. The molecule has 0 saturated carbocycles. The topological polar surface area (TPSA) is 29.5 Å². The van der Waals surface area contributed by atoms with Crippen molar-refractivity contribution in [3.8, 4) is 0 Å². The molecule has 0 aliphatic heterocycles. The van der Waals surface area contributed by atoms with E-state index >= 15 is 0 Å². The molecule has 3 nitrogen and oxygen atoms in total. The van der Waals surface area contributed by atoms with Crippen molar-refractivity contribution < 1.29 is 9.53 Å². The molecule has 0 atom stereocenters. The van der Waals surface area contributed by atoms with Gasteiger partial charge in [0.25, 0.3) is 0 Å². The van der Waals surface area contributed by atoms with E-state index in [1.54, 1.807) is 4.90 Å². The smallest absolute Gasteiger partial charge is 0.233 e. The molecule has 1 amide bonds. The van der Waals surface area contributed by atoms with Gasteiger partial charge >= 0.3 is 0 Å². The van der Waals surface area contributed by atoms with Gasteiger partial charge in [-0.3, -0.25) is 4.79 Å². The zero-order valence-electron chi connectivity index (χ0n) is 11.8. The molecule has 108 valence electrons. The van der Waals surface area contributed by atoms with Crippen LogP contribution in [-0.2, 0) is 16.1 Å². The Morgan fingerprint density at radius 1 is 1.40 bits per heavy atom. The molecule has 1 rings (SSSR count). The van der Waals surface area contributed by atoms with E-state index in [1.165, 1.54) is 18.9 Å². The number of hydrogen-bond acceptors (Lipinski definition) is 4. The third-order valence-electron chi connectivity index (χ3n) is 2.51. The Morgan fingerprint density at radius 3 is 2.60 bits per heavy atom. The maximum atomic E-state index is 12.3. The summed E-state index contributed by atoms with van der Waals surface area (Å²) in [7, 11) is 1.51. The number of amides is 1. The Hall–Kier alpha value is -1.33. The molecule has 0 aliphatic carbocycles. The molecule has 0 heterocycles. The summed E-state index contributed by atoms with van der Waals surface area (Å²) in [6, 6.07) is 9.90. The Balaban J connectivity index is 2.66. The van der Waals surface area contributed by atoms with Crippen LogP contribution in [0, 0.1) is 0 Å². The van der Waals surface area contributed by atoms with Crippen LogP contribution >= 0.6 is 24.0 Å². The summed E-state index contributed by atoms with van der Waals surface area (Å²) in [5.74, 6) is 0.313. The molecule has 1 aromatic rings. The van der Waals surface area contributed by atoms with Crippen molar-refractivity contribution in [3.63, 3.8) is 0 Å². The molecule has 0 aromatic heterocycles. The largest absolute Gasteiger partial charge is 0.482 e. The second kappa shape index (κ2) is 8.76. The predicted octanol–water partition coefficient (Wildman–Crippen LogP) is 3.26. The first kappa shape index (κ1) is 16.7. The van der Waals surface area contributed by atoms with E-state index in [2.05, 4.69) is 6.58 Å². The minimum Gasteiger partial charge on any atom is -0.482 e. The van der Waals surface area contributed by atoms with Gasteiger partial charge in [-0.05, 0) is 24.7 Å². The number of carbonyl (C=O) groups is 1. The van der Waals surface area contributed by atoms with E-state index in [-0.39, 0.29) is 11.7 Å². The highest BCUT2D eigenvalue weighted by Crippen LogP contribution is 2.11. The van der Waals surface area contributed by atoms with E-state index in [9.17, 15) is 4.79 Å². The quantitative estimate of drug-likeness (QED) is 0.596. The number of carbonyl (C=O) groups excluding carboxylic acids is 1. The van der Waals surface area contributed by atoms with Crippen LogP contribution in [0.3, 0.4) is 0 Å². The zero-order chi connectivity index (χ0) is 15.0. The first-order valence-electron chi connectivity index (χ1n) is 6.19. The Morgan fingerprint density at radius 2 is 2.05 bits per heavy atom. The van der Waals surface area contributed by atoms with Crippen molar-refractivity contribution in [3.05, 3.63) is 48.0 Å². The fourth-order valence-electron chi connectivity index (χ4n) is 1.63. The number of nitrogens with zero attached hydrogens (tertiary/aromatic N) is 1. The van der Waals surface area contributed by atoms with Crippen molar-refractivity contribution >= 4 is 34.3 Å². The fraction of sp³-hybridized carbons (Fsp3) is 0.333. The van der Waals surface area contributed by atoms with Crippen molar-refractivity contribution in [1.82, 2.24) is 4.90 Å². The highest BCUT2D eigenvalue weighted by atomic mass is 32.2. The molecular weight excluding hydrogens is 290 g/mol. The van der Waals surface area contributed by atoms with E-state index in [0.29, 0.717) is 17.5 Å². The third-order valence-corrected chi connectivity index (χ3v) is 3.82. The van der Waals surface area contributed by atoms with Gasteiger partial charge in [0, 0.05) is 13.1 Å². The van der Waals surface area contributed by atoms with Crippen LogP contribution in [0.4, 0.5) is 0 Å². The van der Waals surface area contributed by atoms with Crippen molar-refractivity contribution in [2.24, 2.45) is 0 Å². The lowest BCUT2D eigenvalue weighted by atomic mass is 10.2. The number of hydrogen-bond donors (Lipinski definition) is 0. The maximum absolute atomic E-state index is 12.3.